The van der Waals surface area contributed by atoms with Crippen molar-refractivity contribution in [1.29, 1.82) is 0 Å². The highest BCUT2D eigenvalue weighted by Gasteiger charge is 2.33. The second kappa shape index (κ2) is 7.25. The van der Waals surface area contributed by atoms with Crippen LogP contribution in [0.25, 0.3) is 10.2 Å². The lowest BCUT2D eigenvalue weighted by Gasteiger charge is -2.32. The molecule has 0 aliphatic carbocycles. The Morgan fingerprint density at radius 3 is 2.92 bits per heavy atom. The van der Waals surface area contributed by atoms with Gasteiger partial charge in [0.05, 0.1) is 17.6 Å². The van der Waals surface area contributed by atoms with E-state index in [9.17, 15) is 4.79 Å². The van der Waals surface area contributed by atoms with Gasteiger partial charge < -0.3 is 4.74 Å². The first-order valence-electron chi connectivity index (χ1n) is 8.81. The number of aromatic nitrogens is 2. The van der Waals surface area contributed by atoms with E-state index in [1.807, 2.05) is 0 Å². The molecule has 3 heterocycles. The molecule has 0 fully saturated rings. The van der Waals surface area contributed by atoms with Crippen molar-refractivity contribution in [2.75, 3.05) is 5.75 Å². The highest BCUT2D eigenvalue weighted by Crippen LogP contribution is 2.38. The summed E-state index contributed by atoms with van der Waals surface area (Å²) in [5.74, 6) is 1.49. The third-order valence-corrected chi connectivity index (χ3v) is 7.17. The van der Waals surface area contributed by atoms with Gasteiger partial charge in [-0.1, -0.05) is 38.6 Å². The van der Waals surface area contributed by atoms with Crippen molar-refractivity contribution in [3.63, 3.8) is 0 Å². The van der Waals surface area contributed by atoms with E-state index in [1.54, 1.807) is 33.7 Å². The lowest BCUT2D eigenvalue weighted by Crippen LogP contribution is -2.34. The van der Waals surface area contributed by atoms with E-state index in [0.717, 1.165) is 44.4 Å². The molecule has 0 radical (unpaired) electrons. The number of thioether (sulfide) groups is 1. The molecule has 6 heteroatoms. The summed E-state index contributed by atoms with van der Waals surface area (Å²) in [6.07, 6.45) is 3.48. The molecule has 0 spiro atoms. The molecule has 136 valence electrons. The van der Waals surface area contributed by atoms with Gasteiger partial charge in [-0.3, -0.25) is 9.36 Å². The van der Waals surface area contributed by atoms with E-state index >= 15 is 0 Å². The van der Waals surface area contributed by atoms with Crippen molar-refractivity contribution in [2.45, 2.75) is 64.4 Å². The largest absolute Gasteiger partial charge is 0.369 e. The maximum Gasteiger partial charge on any atom is 0.263 e. The summed E-state index contributed by atoms with van der Waals surface area (Å²) in [6, 6.07) is 0. The Kier molecular flexibility index (Phi) is 5.42. The standard InChI is InChI=1S/C19H26N2O2S2/c1-6-8-21-17(22)15-13-9-19(5,7-2)23-10-14(13)25-16(15)20-18(21)24-11-12(3)4/h6,12H,1,7-11H2,2-5H3/t19-/m0/s1. The van der Waals surface area contributed by atoms with Gasteiger partial charge in [-0.2, -0.15) is 0 Å². The van der Waals surface area contributed by atoms with Crippen LogP contribution in [0.5, 0.6) is 0 Å². The Hall–Kier alpha value is -1.11. The number of nitrogens with zero attached hydrogens (tertiary/aromatic N) is 2. The maximum absolute atomic E-state index is 13.2. The van der Waals surface area contributed by atoms with Crippen molar-refractivity contribution in [3.8, 4) is 0 Å². The first-order chi connectivity index (χ1) is 11.9. The first kappa shape index (κ1) is 18.7. The summed E-state index contributed by atoms with van der Waals surface area (Å²) >= 11 is 3.27. The molecule has 0 saturated carbocycles. The van der Waals surface area contributed by atoms with Gasteiger partial charge in [0, 0.05) is 23.6 Å². The van der Waals surface area contributed by atoms with Gasteiger partial charge >= 0.3 is 0 Å². The molecule has 2 aromatic heterocycles. The van der Waals surface area contributed by atoms with E-state index in [2.05, 4.69) is 34.3 Å². The lowest BCUT2D eigenvalue weighted by molar-refractivity contribution is -0.0543. The third kappa shape index (κ3) is 3.57. The van der Waals surface area contributed by atoms with Crippen molar-refractivity contribution in [2.24, 2.45) is 5.92 Å². The number of fused-ring (bicyclic) bond motifs is 3. The highest BCUT2D eigenvalue weighted by atomic mass is 32.2. The van der Waals surface area contributed by atoms with Gasteiger partial charge in [0.25, 0.3) is 5.56 Å². The molecule has 1 aliphatic rings. The summed E-state index contributed by atoms with van der Waals surface area (Å²) in [4.78, 5) is 20.1. The molecule has 0 amide bonds. The average Bonchev–Trinajstić information content (AvgIpc) is 2.93. The van der Waals surface area contributed by atoms with E-state index < -0.39 is 0 Å². The summed E-state index contributed by atoms with van der Waals surface area (Å²) in [7, 11) is 0. The number of ether oxygens (including phenoxy) is 1. The van der Waals surface area contributed by atoms with Crippen LogP contribution in [-0.2, 0) is 24.3 Å². The van der Waals surface area contributed by atoms with Crippen molar-refractivity contribution in [3.05, 3.63) is 33.4 Å². The Bertz CT molecular complexity index is 853. The van der Waals surface area contributed by atoms with Crippen molar-refractivity contribution >= 4 is 33.3 Å². The molecule has 1 aliphatic heterocycles. The van der Waals surface area contributed by atoms with E-state index in [0.29, 0.717) is 19.1 Å². The Morgan fingerprint density at radius 1 is 1.52 bits per heavy atom. The van der Waals surface area contributed by atoms with Crippen molar-refractivity contribution < 1.29 is 4.74 Å². The molecule has 0 unspecified atom stereocenters. The summed E-state index contributed by atoms with van der Waals surface area (Å²) < 4.78 is 7.82. The predicted molar refractivity (Wildman–Crippen MR) is 107 cm³/mol. The average molecular weight is 379 g/mol. The van der Waals surface area contributed by atoms with Gasteiger partial charge in [-0.25, -0.2) is 4.98 Å². The van der Waals surface area contributed by atoms with Gasteiger partial charge in [-0.05, 0) is 24.8 Å². The van der Waals surface area contributed by atoms with Gasteiger partial charge in [-0.15, -0.1) is 17.9 Å². The number of allylic oxidation sites excluding steroid dienone is 1. The van der Waals surface area contributed by atoms with Crippen LogP contribution >= 0.6 is 23.1 Å². The monoisotopic (exact) mass is 378 g/mol. The minimum atomic E-state index is -0.193. The van der Waals surface area contributed by atoms with E-state index in [-0.39, 0.29) is 11.2 Å². The zero-order chi connectivity index (χ0) is 18.2. The van der Waals surface area contributed by atoms with Crippen LogP contribution in [0.3, 0.4) is 0 Å². The summed E-state index contributed by atoms with van der Waals surface area (Å²) in [6.45, 7) is 13.5. The van der Waals surface area contributed by atoms with Crippen LogP contribution in [0.4, 0.5) is 0 Å². The third-order valence-electron chi connectivity index (χ3n) is 4.67. The fourth-order valence-electron chi connectivity index (χ4n) is 3.00. The normalized spacial score (nSPS) is 20.2. The highest BCUT2D eigenvalue weighted by molar-refractivity contribution is 7.99. The maximum atomic E-state index is 13.2. The molecule has 2 aromatic rings. The van der Waals surface area contributed by atoms with Crippen molar-refractivity contribution in [1.82, 2.24) is 9.55 Å². The number of thiophene rings is 1. The Labute approximate surface area is 157 Å². The Balaban J connectivity index is 2.15. The van der Waals surface area contributed by atoms with Gasteiger partial charge in [0.2, 0.25) is 0 Å². The molecular weight excluding hydrogens is 352 g/mol. The lowest BCUT2D eigenvalue weighted by atomic mass is 9.90. The number of hydrogen-bond donors (Lipinski definition) is 0. The fraction of sp³-hybridized carbons (Fsp3) is 0.579. The molecule has 0 bridgehead atoms. The van der Waals surface area contributed by atoms with Crippen LogP contribution in [0.1, 0.15) is 44.6 Å². The molecule has 0 aromatic carbocycles. The SMILES string of the molecule is C=CCn1c(SCC(C)C)nc2sc3c(c2c1=O)C[C@](C)(CC)OC3. The number of rotatable bonds is 6. The van der Waals surface area contributed by atoms with E-state index in [1.165, 1.54) is 0 Å². The summed E-state index contributed by atoms with van der Waals surface area (Å²) in [5, 5.41) is 1.59. The zero-order valence-electron chi connectivity index (χ0n) is 15.4. The quantitative estimate of drug-likeness (QED) is 0.417. The first-order valence-corrected chi connectivity index (χ1v) is 10.6. The minimum absolute atomic E-state index is 0.0639. The molecule has 0 saturated heterocycles. The molecule has 0 N–H and O–H groups in total. The van der Waals surface area contributed by atoms with Crippen LogP contribution < -0.4 is 5.56 Å². The van der Waals surface area contributed by atoms with Gasteiger partial charge in [0.15, 0.2) is 5.16 Å². The Morgan fingerprint density at radius 2 is 2.28 bits per heavy atom. The molecule has 1 atom stereocenters. The van der Waals surface area contributed by atoms with Crippen LogP contribution in [0.15, 0.2) is 22.6 Å². The van der Waals surface area contributed by atoms with Crippen LogP contribution in [0.2, 0.25) is 0 Å². The topological polar surface area (TPSA) is 44.1 Å². The van der Waals surface area contributed by atoms with E-state index in [4.69, 9.17) is 9.72 Å². The predicted octanol–water partition coefficient (Wildman–Crippen LogP) is 4.63. The molecule has 3 rings (SSSR count). The molecular formula is C19H26N2O2S2. The van der Waals surface area contributed by atoms with Gasteiger partial charge in [0.1, 0.15) is 4.83 Å². The number of hydrogen-bond acceptors (Lipinski definition) is 5. The fourth-order valence-corrected chi connectivity index (χ4v) is 5.11. The smallest absolute Gasteiger partial charge is 0.263 e. The molecule has 25 heavy (non-hydrogen) atoms. The second-order valence-corrected chi connectivity index (χ2v) is 9.33. The molecule has 4 nitrogen and oxygen atoms in total. The van der Waals surface area contributed by atoms with Crippen LogP contribution in [0, 0.1) is 5.92 Å². The zero-order valence-corrected chi connectivity index (χ0v) is 17.1. The summed E-state index contributed by atoms with van der Waals surface area (Å²) in [5.41, 5.74) is 1.02. The minimum Gasteiger partial charge on any atom is -0.369 e. The van der Waals surface area contributed by atoms with Crippen LogP contribution in [-0.4, -0.2) is 20.9 Å². The second-order valence-electron chi connectivity index (χ2n) is 7.26.